The van der Waals surface area contributed by atoms with Crippen LogP contribution in [0.15, 0.2) is 70.9 Å². The number of benzene rings is 2. The number of allylic oxidation sites excluding steroid dienone is 6. The minimum Gasteiger partial charge on any atom is -0.496 e. The van der Waals surface area contributed by atoms with Gasteiger partial charge in [-0.1, -0.05) is 6.08 Å². The van der Waals surface area contributed by atoms with Gasteiger partial charge in [0.05, 0.1) is 16.9 Å². The van der Waals surface area contributed by atoms with Gasteiger partial charge in [0.25, 0.3) is 5.91 Å². The summed E-state index contributed by atoms with van der Waals surface area (Å²) in [6, 6.07) is 11.4. The average Bonchev–Trinajstić information content (AvgIpc) is 3.73. The number of rotatable bonds is 9. The number of nitrogens with zero attached hydrogens (tertiary/aromatic N) is 1. The van der Waals surface area contributed by atoms with E-state index in [1.165, 1.54) is 12.2 Å². The van der Waals surface area contributed by atoms with Crippen LogP contribution in [0.1, 0.15) is 46.9 Å². The van der Waals surface area contributed by atoms with Crippen LogP contribution < -0.4 is 14.4 Å². The molecular formula is C28H28BFN2O5S. The standard InChI is InChI=1S/C28H28BFN2O5S/c1-31-28(33)26-23-14-22(17-6-7-17)24(15-25(23)37-27(26)18-4-3-5-19(30)9-8-18)32(38-2)20-10-12-21(13-11-20)36-16-29(34)35/h4-5,8-15,17,34-35H,3,6-7,16H2,1-2H3,(H,31,33). The van der Waals surface area contributed by atoms with E-state index in [1.807, 2.05) is 30.5 Å². The van der Waals surface area contributed by atoms with Gasteiger partial charge in [-0.05, 0) is 91.3 Å². The molecule has 0 spiro atoms. The zero-order valence-electron chi connectivity index (χ0n) is 21.1. The summed E-state index contributed by atoms with van der Waals surface area (Å²) in [7, 11) is 0.0478. The van der Waals surface area contributed by atoms with Crippen molar-refractivity contribution >= 4 is 52.9 Å². The fraction of sp³-hybridized carbons (Fsp3) is 0.250. The summed E-state index contributed by atoms with van der Waals surface area (Å²) in [5.74, 6) is 0.740. The lowest BCUT2D eigenvalue weighted by atomic mass is 9.95. The SMILES string of the molecule is CNC(=O)c1c(C2=CCC=C(F)C=C2)oc2cc(N(SC)c3ccc(OCB(O)O)cc3)c(C3CC3)cc12. The van der Waals surface area contributed by atoms with Gasteiger partial charge in [-0.2, -0.15) is 0 Å². The monoisotopic (exact) mass is 534 g/mol. The molecule has 0 unspecified atom stereocenters. The van der Waals surface area contributed by atoms with Crippen LogP contribution in [0, 0.1) is 0 Å². The van der Waals surface area contributed by atoms with E-state index in [-0.39, 0.29) is 18.2 Å². The summed E-state index contributed by atoms with van der Waals surface area (Å²) in [4.78, 5) is 13.1. The van der Waals surface area contributed by atoms with E-state index < -0.39 is 7.12 Å². The van der Waals surface area contributed by atoms with Crippen LogP contribution in [0.5, 0.6) is 5.75 Å². The maximum absolute atomic E-state index is 13.8. The number of ether oxygens (including phenoxy) is 1. The lowest BCUT2D eigenvalue weighted by Gasteiger charge is -2.25. The molecule has 1 amide bonds. The third kappa shape index (κ3) is 5.38. The lowest BCUT2D eigenvalue weighted by Crippen LogP contribution is -2.22. The highest BCUT2D eigenvalue weighted by atomic mass is 32.2. The highest BCUT2D eigenvalue weighted by Gasteiger charge is 2.31. The van der Waals surface area contributed by atoms with Crippen molar-refractivity contribution in [1.82, 2.24) is 5.32 Å². The first-order valence-electron chi connectivity index (χ1n) is 12.4. The second kappa shape index (κ2) is 11.1. The zero-order valence-corrected chi connectivity index (χ0v) is 21.9. The van der Waals surface area contributed by atoms with E-state index in [1.54, 1.807) is 37.2 Å². The molecule has 1 fully saturated rings. The van der Waals surface area contributed by atoms with Crippen LogP contribution in [0.4, 0.5) is 15.8 Å². The van der Waals surface area contributed by atoms with Crippen molar-refractivity contribution in [3.8, 4) is 5.75 Å². The smallest absolute Gasteiger partial charge is 0.491 e. The topological polar surface area (TPSA) is 95.2 Å². The molecule has 7 nitrogen and oxygen atoms in total. The van der Waals surface area contributed by atoms with Crippen molar-refractivity contribution in [3.05, 3.63) is 83.4 Å². The molecule has 0 bridgehead atoms. The first kappa shape index (κ1) is 26.2. The molecule has 38 heavy (non-hydrogen) atoms. The highest BCUT2D eigenvalue weighted by Crippen LogP contribution is 2.49. The first-order chi connectivity index (χ1) is 18.4. The fourth-order valence-electron chi connectivity index (χ4n) is 4.56. The number of amides is 1. The largest absolute Gasteiger partial charge is 0.496 e. The number of fused-ring (bicyclic) bond motifs is 1. The molecule has 0 aliphatic heterocycles. The van der Waals surface area contributed by atoms with Crippen LogP contribution in [-0.4, -0.2) is 42.9 Å². The summed E-state index contributed by atoms with van der Waals surface area (Å²) in [6.45, 7) is -0.211. The van der Waals surface area contributed by atoms with Crippen molar-refractivity contribution in [3.63, 3.8) is 0 Å². The predicted molar refractivity (Wildman–Crippen MR) is 150 cm³/mol. The molecule has 2 aliphatic rings. The first-order valence-corrected chi connectivity index (χ1v) is 13.6. The molecule has 0 atom stereocenters. The van der Waals surface area contributed by atoms with Gasteiger partial charge in [-0.25, -0.2) is 4.39 Å². The number of halogens is 1. The van der Waals surface area contributed by atoms with Crippen LogP contribution in [0.3, 0.4) is 0 Å². The van der Waals surface area contributed by atoms with Gasteiger partial charge in [0.1, 0.15) is 29.4 Å². The molecule has 5 rings (SSSR count). The van der Waals surface area contributed by atoms with Crippen molar-refractivity contribution in [2.45, 2.75) is 25.2 Å². The zero-order chi connectivity index (χ0) is 26.8. The molecule has 3 N–H and O–H groups in total. The summed E-state index contributed by atoms with van der Waals surface area (Å²) in [6.07, 6.45) is 10.9. The molecule has 1 aromatic heterocycles. The summed E-state index contributed by atoms with van der Waals surface area (Å²) < 4.78 is 27.7. The Bertz CT molecular complexity index is 1440. The highest BCUT2D eigenvalue weighted by molar-refractivity contribution is 8.00. The second-order valence-electron chi connectivity index (χ2n) is 9.15. The van der Waals surface area contributed by atoms with Crippen molar-refractivity contribution < 1.29 is 28.4 Å². The summed E-state index contributed by atoms with van der Waals surface area (Å²) >= 11 is 1.54. The third-order valence-corrected chi connectivity index (χ3v) is 7.29. The Morgan fingerprint density at radius 2 is 1.97 bits per heavy atom. The van der Waals surface area contributed by atoms with Gasteiger partial charge in [0.15, 0.2) is 0 Å². The quantitative estimate of drug-likeness (QED) is 0.240. The predicted octanol–water partition coefficient (Wildman–Crippen LogP) is 5.67. The van der Waals surface area contributed by atoms with Crippen molar-refractivity contribution in [2.75, 3.05) is 24.1 Å². The molecule has 10 heteroatoms. The van der Waals surface area contributed by atoms with Gasteiger partial charge in [-0.15, -0.1) is 0 Å². The number of anilines is 2. The molecular weight excluding hydrogens is 506 g/mol. The van der Waals surface area contributed by atoms with Gasteiger partial charge < -0.3 is 24.5 Å². The fourth-order valence-corrected chi connectivity index (χ4v) is 5.25. The van der Waals surface area contributed by atoms with E-state index in [4.69, 9.17) is 19.2 Å². The minimum atomic E-state index is -1.54. The lowest BCUT2D eigenvalue weighted by molar-refractivity contribution is 0.0963. The number of carbonyl (C=O) groups excluding carboxylic acids is 1. The summed E-state index contributed by atoms with van der Waals surface area (Å²) in [5.41, 5.74) is 4.67. The number of carbonyl (C=O) groups is 1. The minimum absolute atomic E-state index is 0.211. The molecule has 2 aromatic carbocycles. The van der Waals surface area contributed by atoms with Crippen molar-refractivity contribution in [2.24, 2.45) is 0 Å². The molecule has 0 saturated heterocycles. The molecule has 1 heterocycles. The Hall–Kier alpha value is -3.47. The Kier molecular flexibility index (Phi) is 7.64. The normalized spacial score (nSPS) is 15.1. The number of furan rings is 1. The maximum atomic E-state index is 13.8. The summed E-state index contributed by atoms with van der Waals surface area (Å²) in [5, 5.41) is 21.6. The van der Waals surface area contributed by atoms with E-state index in [0.717, 1.165) is 35.2 Å². The maximum Gasteiger partial charge on any atom is 0.491 e. The van der Waals surface area contributed by atoms with E-state index in [9.17, 15) is 9.18 Å². The van der Waals surface area contributed by atoms with E-state index in [0.29, 0.717) is 40.6 Å². The van der Waals surface area contributed by atoms with E-state index >= 15 is 0 Å². The van der Waals surface area contributed by atoms with Gasteiger partial charge in [0.2, 0.25) is 0 Å². The molecule has 196 valence electrons. The molecule has 0 radical (unpaired) electrons. The third-order valence-electron chi connectivity index (χ3n) is 6.52. The number of nitrogens with one attached hydrogen (secondary N) is 1. The van der Waals surface area contributed by atoms with Crippen LogP contribution in [-0.2, 0) is 0 Å². The Balaban J connectivity index is 1.60. The van der Waals surface area contributed by atoms with Crippen LogP contribution in [0.2, 0.25) is 0 Å². The molecule has 1 saturated carbocycles. The van der Waals surface area contributed by atoms with Crippen molar-refractivity contribution in [1.29, 1.82) is 0 Å². The van der Waals surface area contributed by atoms with Crippen LogP contribution >= 0.6 is 11.9 Å². The average molecular weight is 534 g/mol. The van der Waals surface area contributed by atoms with Gasteiger partial charge >= 0.3 is 7.12 Å². The Labute approximate surface area is 224 Å². The van der Waals surface area contributed by atoms with Crippen LogP contribution in [0.25, 0.3) is 16.5 Å². The van der Waals surface area contributed by atoms with Gasteiger partial charge in [0, 0.05) is 30.3 Å². The Morgan fingerprint density at radius 1 is 1.21 bits per heavy atom. The molecule has 2 aliphatic carbocycles. The Morgan fingerprint density at radius 3 is 2.63 bits per heavy atom. The van der Waals surface area contributed by atoms with E-state index in [2.05, 4.69) is 15.7 Å². The van der Waals surface area contributed by atoms with Gasteiger partial charge in [-0.3, -0.25) is 9.10 Å². The number of hydrogen-bond acceptors (Lipinski definition) is 7. The molecule has 3 aromatic rings. The second-order valence-corrected chi connectivity index (χ2v) is 9.88. The number of hydrogen-bond donors (Lipinski definition) is 3.